The second-order valence-corrected chi connectivity index (χ2v) is 3.39. The Hall–Kier alpha value is -0.440. The van der Waals surface area contributed by atoms with E-state index in [0.29, 0.717) is 5.92 Å². The van der Waals surface area contributed by atoms with Gasteiger partial charge in [-0.15, -0.1) is 11.8 Å². The summed E-state index contributed by atoms with van der Waals surface area (Å²) in [4.78, 5) is 0. The summed E-state index contributed by atoms with van der Waals surface area (Å²) in [6, 6.07) is 0. The van der Waals surface area contributed by atoms with Gasteiger partial charge in [-0.05, 0) is 25.7 Å². The summed E-state index contributed by atoms with van der Waals surface area (Å²) in [6.07, 6.45) is 3.88. The molecule has 0 N–H and O–H groups in total. The van der Waals surface area contributed by atoms with Crippen LogP contribution in [0.25, 0.3) is 0 Å². The van der Waals surface area contributed by atoms with E-state index in [4.69, 9.17) is 0 Å². The minimum Gasteiger partial charge on any atom is -0.106 e. The zero-order chi connectivity index (χ0) is 8.69. The third-order valence-electron chi connectivity index (χ3n) is 2.18. The lowest BCUT2D eigenvalue weighted by Gasteiger charge is -2.08. The van der Waals surface area contributed by atoms with Crippen molar-refractivity contribution in [1.29, 1.82) is 0 Å². The fraction of sp³-hybridized carbons (Fsp3) is 0.818. The Kier molecular flexibility index (Phi) is 6.03. The third kappa shape index (κ3) is 5.98. The quantitative estimate of drug-likeness (QED) is 0.541. The molecule has 0 bridgehead atoms. The molecule has 0 amide bonds. The molecule has 0 aliphatic carbocycles. The number of hydrogen-bond donors (Lipinski definition) is 0. The summed E-state index contributed by atoms with van der Waals surface area (Å²) in [5, 5.41) is 0. The van der Waals surface area contributed by atoms with E-state index in [0.717, 1.165) is 5.92 Å². The molecule has 0 radical (unpaired) electrons. The first-order valence-electron chi connectivity index (χ1n) is 4.63. The molecule has 0 spiro atoms. The monoisotopic (exact) mass is 152 g/mol. The Morgan fingerprint density at radius 3 is 2.27 bits per heavy atom. The highest BCUT2D eigenvalue weighted by Crippen LogP contribution is 2.13. The first kappa shape index (κ1) is 10.6. The minimum absolute atomic E-state index is 0.592. The van der Waals surface area contributed by atoms with Crippen molar-refractivity contribution in [1.82, 2.24) is 0 Å². The Morgan fingerprint density at radius 1 is 1.18 bits per heavy atom. The van der Waals surface area contributed by atoms with Crippen molar-refractivity contribution in [2.45, 2.75) is 47.0 Å². The maximum atomic E-state index is 3.17. The zero-order valence-corrected chi connectivity index (χ0v) is 8.28. The van der Waals surface area contributed by atoms with Gasteiger partial charge in [0.25, 0.3) is 0 Å². The SMILES string of the molecule is CC#CC(C)CCC(C)CC. The fourth-order valence-electron chi connectivity index (χ4n) is 1.06. The molecule has 2 unspecified atom stereocenters. The Morgan fingerprint density at radius 2 is 1.82 bits per heavy atom. The van der Waals surface area contributed by atoms with Gasteiger partial charge in [0.05, 0.1) is 0 Å². The van der Waals surface area contributed by atoms with Gasteiger partial charge in [0.15, 0.2) is 0 Å². The van der Waals surface area contributed by atoms with Gasteiger partial charge >= 0.3 is 0 Å². The number of rotatable bonds is 4. The summed E-state index contributed by atoms with van der Waals surface area (Å²) in [7, 11) is 0. The van der Waals surface area contributed by atoms with E-state index in [1.807, 2.05) is 6.92 Å². The van der Waals surface area contributed by atoms with E-state index in [1.165, 1.54) is 19.3 Å². The van der Waals surface area contributed by atoms with Crippen LogP contribution in [0.3, 0.4) is 0 Å². The number of hydrogen-bond acceptors (Lipinski definition) is 0. The van der Waals surface area contributed by atoms with Gasteiger partial charge in [0.1, 0.15) is 0 Å². The van der Waals surface area contributed by atoms with Gasteiger partial charge in [-0.25, -0.2) is 0 Å². The fourth-order valence-corrected chi connectivity index (χ4v) is 1.06. The van der Waals surface area contributed by atoms with E-state index in [1.54, 1.807) is 0 Å². The molecule has 0 aliphatic heterocycles. The topological polar surface area (TPSA) is 0 Å². The second kappa shape index (κ2) is 6.28. The molecular weight excluding hydrogens is 132 g/mol. The Labute approximate surface area is 71.4 Å². The molecule has 0 aliphatic rings. The average molecular weight is 152 g/mol. The predicted molar refractivity (Wildman–Crippen MR) is 51.3 cm³/mol. The summed E-state index contributed by atoms with van der Waals surface area (Å²) in [6.45, 7) is 8.69. The Bertz CT molecular complexity index is 136. The Balaban J connectivity index is 3.42. The first-order valence-corrected chi connectivity index (χ1v) is 4.63. The van der Waals surface area contributed by atoms with Gasteiger partial charge in [0, 0.05) is 5.92 Å². The van der Waals surface area contributed by atoms with Crippen molar-refractivity contribution >= 4 is 0 Å². The molecule has 0 saturated carbocycles. The minimum atomic E-state index is 0.592. The van der Waals surface area contributed by atoms with Crippen LogP contribution >= 0.6 is 0 Å². The molecule has 11 heavy (non-hydrogen) atoms. The molecule has 0 heteroatoms. The summed E-state index contributed by atoms with van der Waals surface area (Å²) < 4.78 is 0. The van der Waals surface area contributed by atoms with E-state index in [2.05, 4.69) is 32.6 Å². The molecular formula is C11H20. The molecule has 2 atom stereocenters. The molecule has 64 valence electrons. The summed E-state index contributed by atoms with van der Waals surface area (Å²) >= 11 is 0. The normalized spacial score (nSPS) is 14.9. The van der Waals surface area contributed by atoms with Crippen LogP contribution < -0.4 is 0 Å². The summed E-state index contributed by atoms with van der Waals surface area (Å²) in [5.41, 5.74) is 0. The average Bonchev–Trinajstić information content (AvgIpc) is 2.01. The van der Waals surface area contributed by atoms with Crippen LogP contribution in [0.15, 0.2) is 0 Å². The maximum Gasteiger partial charge on any atom is 0.0174 e. The van der Waals surface area contributed by atoms with Crippen molar-refractivity contribution in [3.8, 4) is 11.8 Å². The second-order valence-electron chi connectivity index (χ2n) is 3.39. The zero-order valence-electron chi connectivity index (χ0n) is 8.28. The van der Waals surface area contributed by atoms with E-state index in [9.17, 15) is 0 Å². The molecule has 0 fully saturated rings. The van der Waals surface area contributed by atoms with Crippen LogP contribution in [0.4, 0.5) is 0 Å². The van der Waals surface area contributed by atoms with Crippen LogP contribution in [0.1, 0.15) is 47.0 Å². The van der Waals surface area contributed by atoms with Crippen LogP contribution in [0, 0.1) is 23.7 Å². The lowest BCUT2D eigenvalue weighted by atomic mass is 9.97. The van der Waals surface area contributed by atoms with Crippen LogP contribution in [0.2, 0.25) is 0 Å². The first-order chi connectivity index (χ1) is 5.20. The van der Waals surface area contributed by atoms with Crippen LogP contribution in [-0.4, -0.2) is 0 Å². The molecule has 0 aromatic carbocycles. The molecule has 0 aromatic heterocycles. The van der Waals surface area contributed by atoms with Crippen LogP contribution in [-0.2, 0) is 0 Å². The molecule has 0 saturated heterocycles. The molecule has 0 nitrogen and oxygen atoms in total. The molecule has 0 aromatic rings. The lowest BCUT2D eigenvalue weighted by Crippen LogP contribution is -1.97. The van der Waals surface area contributed by atoms with Gasteiger partial charge in [-0.3, -0.25) is 0 Å². The van der Waals surface area contributed by atoms with E-state index < -0.39 is 0 Å². The standard InChI is InChI=1S/C11H20/c1-5-7-11(4)9-8-10(3)6-2/h10-11H,6,8-9H2,1-4H3. The van der Waals surface area contributed by atoms with Crippen molar-refractivity contribution in [2.75, 3.05) is 0 Å². The lowest BCUT2D eigenvalue weighted by molar-refractivity contribution is 0.464. The predicted octanol–water partition coefficient (Wildman–Crippen LogP) is 3.47. The van der Waals surface area contributed by atoms with E-state index >= 15 is 0 Å². The van der Waals surface area contributed by atoms with Crippen LogP contribution in [0.5, 0.6) is 0 Å². The van der Waals surface area contributed by atoms with Crippen molar-refractivity contribution in [2.24, 2.45) is 11.8 Å². The highest BCUT2D eigenvalue weighted by atomic mass is 14.1. The largest absolute Gasteiger partial charge is 0.106 e. The van der Waals surface area contributed by atoms with Gasteiger partial charge in [0.2, 0.25) is 0 Å². The van der Waals surface area contributed by atoms with Gasteiger partial charge in [-0.2, -0.15) is 0 Å². The highest BCUT2D eigenvalue weighted by molar-refractivity contribution is 4.99. The van der Waals surface area contributed by atoms with Gasteiger partial charge in [-0.1, -0.05) is 27.2 Å². The van der Waals surface area contributed by atoms with E-state index in [-0.39, 0.29) is 0 Å². The smallest absolute Gasteiger partial charge is 0.0174 e. The maximum absolute atomic E-state index is 3.17. The molecule has 0 rings (SSSR count). The van der Waals surface area contributed by atoms with Gasteiger partial charge < -0.3 is 0 Å². The molecule has 0 heterocycles. The third-order valence-corrected chi connectivity index (χ3v) is 2.18. The van der Waals surface area contributed by atoms with Crippen molar-refractivity contribution in [3.05, 3.63) is 0 Å². The summed E-state index contributed by atoms with van der Waals surface area (Å²) in [5.74, 6) is 7.60. The highest BCUT2D eigenvalue weighted by Gasteiger charge is 2.01. The van der Waals surface area contributed by atoms with Crippen molar-refractivity contribution < 1.29 is 0 Å². The van der Waals surface area contributed by atoms with Crippen molar-refractivity contribution in [3.63, 3.8) is 0 Å².